The number of aryl methyl sites for hydroxylation is 1. The molecule has 0 aliphatic heterocycles. The van der Waals surface area contributed by atoms with Crippen molar-refractivity contribution in [3.05, 3.63) is 108 Å². The minimum absolute atomic E-state index is 1.20. The molecule has 194 valence electrons. The molecule has 0 aliphatic rings. The normalized spacial score (nSPS) is 11.8. The highest BCUT2D eigenvalue weighted by Gasteiger charge is 2.04. The maximum Gasteiger partial charge on any atom is -0.0105 e. The summed E-state index contributed by atoms with van der Waals surface area (Å²) in [4.78, 5) is 0. The zero-order valence-corrected chi connectivity index (χ0v) is 23.1. The summed E-state index contributed by atoms with van der Waals surface area (Å²) < 4.78 is 0. The fourth-order valence-corrected chi connectivity index (χ4v) is 5.69. The van der Waals surface area contributed by atoms with Crippen LogP contribution in [0.15, 0.2) is 91.0 Å². The Bertz CT molecular complexity index is 1490. The molecule has 0 heteroatoms. The predicted molar refractivity (Wildman–Crippen MR) is 170 cm³/mol. The van der Waals surface area contributed by atoms with Crippen LogP contribution in [0.4, 0.5) is 0 Å². The number of hydrogen-bond acceptors (Lipinski definition) is 0. The summed E-state index contributed by atoms with van der Waals surface area (Å²) >= 11 is 0. The zero-order valence-electron chi connectivity index (χ0n) is 23.1. The van der Waals surface area contributed by atoms with Gasteiger partial charge in [0.15, 0.2) is 0 Å². The van der Waals surface area contributed by atoms with Gasteiger partial charge in [0.05, 0.1) is 0 Å². The van der Waals surface area contributed by atoms with E-state index in [0.29, 0.717) is 0 Å². The zero-order chi connectivity index (χ0) is 26.0. The first kappa shape index (κ1) is 26.2. The lowest BCUT2D eigenvalue weighted by Crippen LogP contribution is -1.87. The molecule has 5 aromatic rings. The van der Waals surface area contributed by atoms with Crippen molar-refractivity contribution < 1.29 is 0 Å². The van der Waals surface area contributed by atoms with E-state index in [1.165, 1.54) is 120 Å². The molecular weight excluding hydrogens is 456 g/mol. The molecular formula is C38H42. The van der Waals surface area contributed by atoms with Crippen LogP contribution in [0.25, 0.3) is 44.5 Å². The van der Waals surface area contributed by atoms with Crippen molar-refractivity contribution in [1.82, 2.24) is 0 Å². The Kier molecular flexibility index (Phi) is 9.27. The van der Waals surface area contributed by atoms with Crippen LogP contribution >= 0.6 is 0 Å². The van der Waals surface area contributed by atoms with E-state index in [2.05, 4.69) is 110 Å². The Balaban J connectivity index is 1.17. The van der Waals surface area contributed by atoms with Gasteiger partial charge in [-0.25, -0.2) is 0 Å². The van der Waals surface area contributed by atoms with Crippen molar-refractivity contribution in [1.29, 1.82) is 0 Å². The Labute approximate surface area is 229 Å². The van der Waals surface area contributed by atoms with Gasteiger partial charge >= 0.3 is 0 Å². The van der Waals surface area contributed by atoms with Crippen molar-refractivity contribution in [3.63, 3.8) is 0 Å². The predicted octanol–water partition coefficient (Wildman–Crippen LogP) is 11.8. The molecule has 0 radical (unpaired) electrons. The summed E-state index contributed by atoms with van der Waals surface area (Å²) in [5.41, 5.74) is 4.00. The van der Waals surface area contributed by atoms with Gasteiger partial charge in [-0.3, -0.25) is 0 Å². The van der Waals surface area contributed by atoms with Crippen molar-refractivity contribution in [2.24, 2.45) is 0 Å². The standard InChI is InChI=1S/C38H42/c1-2-3-4-5-6-7-8-9-10-11-15-30-20-22-31(23-21-30)24-25-32-18-14-19-35-28-36-26-33-16-12-13-17-34(33)27-37(36)29-38(32)35/h12-14,16-29H,2-11,15H2,1H3. The van der Waals surface area contributed by atoms with E-state index in [-0.39, 0.29) is 0 Å². The van der Waals surface area contributed by atoms with Crippen molar-refractivity contribution in [2.75, 3.05) is 0 Å². The van der Waals surface area contributed by atoms with Crippen molar-refractivity contribution in [3.8, 4) is 0 Å². The first-order valence-corrected chi connectivity index (χ1v) is 14.9. The van der Waals surface area contributed by atoms with E-state index in [4.69, 9.17) is 0 Å². The molecule has 0 spiro atoms. The lowest BCUT2D eigenvalue weighted by atomic mass is 9.97. The van der Waals surface area contributed by atoms with Gasteiger partial charge in [0.25, 0.3) is 0 Å². The Morgan fingerprint density at radius 1 is 0.474 bits per heavy atom. The second-order valence-corrected chi connectivity index (χ2v) is 11.0. The molecule has 0 aliphatic carbocycles. The second-order valence-electron chi connectivity index (χ2n) is 11.0. The SMILES string of the molecule is CCCCCCCCCCCCc1ccc(C=Cc2cccc3cc4cc5ccccc5cc4cc23)cc1. The summed E-state index contributed by atoms with van der Waals surface area (Å²) in [5, 5.41) is 7.80. The van der Waals surface area contributed by atoms with Crippen LogP contribution < -0.4 is 0 Å². The fraction of sp³-hybridized carbons (Fsp3) is 0.316. The first-order chi connectivity index (χ1) is 18.8. The molecule has 0 unspecified atom stereocenters. The number of hydrogen-bond donors (Lipinski definition) is 0. The van der Waals surface area contributed by atoms with E-state index in [1.54, 1.807) is 0 Å². The summed E-state index contributed by atoms with van der Waals surface area (Å²) in [5.74, 6) is 0. The number of rotatable bonds is 13. The molecule has 0 nitrogen and oxygen atoms in total. The molecule has 0 N–H and O–H groups in total. The van der Waals surface area contributed by atoms with Crippen molar-refractivity contribution in [2.45, 2.75) is 77.6 Å². The molecule has 0 fully saturated rings. The average Bonchev–Trinajstić information content (AvgIpc) is 2.95. The largest absolute Gasteiger partial charge is 0.0654 e. The van der Waals surface area contributed by atoms with Gasteiger partial charge in [-0.2, -0.15) is 0 Å². The molecule has 0 aromatic heterocycles. The summed E-state index contributed by atoms with van der Waals surface area (Å²) in [6.45, 7) is 2.29. The highest BCUT2D eigenvalue weighted by Crippen LogP contribution is 2.30. The summed E-state index contributed by atoms with van der Waals surface area (Å²) in [6.07, 6.45) is 19.7. The van der Waals surface area contributed by atoms with Gasteiger partial charge in [0.2, 0.25) is 0 Å². The highest BCUT2D eigenvalue weighted by atomic mass is 14.1. The number of benzene rings is 5. The van der Waals surface area contributed by atoms with Gasteiger partial charge in [-0.05, 0) is 86.1 Å². The molecule has 0 atom stereocenters. The Hall–Kier alpha value is -3.38. The molecule has 0 saturated carbocycles. The van der Waals surface area contributed by atoms with E-state index in [1.807, 2.05) is 0 Å². The quantitative estimate of drug-likeness (QED) is 0.0860. The fourth-order valence-electron chi connectivity index (χ4n) is 5.69. The van der Waals surface area contributed by atoms with Gasteiger partial charge in [-0.15, -0.1) is 0 Å². The van der Waals surface area contributed by atoms with Gasteiger partial charge in [-0.1, -0.05) is 144 Å². The van der Waals surface area contributed by atoms with Gasteiger partial charge in [0, 0.05) is 0 Å². The minimum Gasteiger partial charge on any atom is -0.0654 e. The van der Waals surface area contributed by atoms with E-state index < -0.39 is 0 Å². The lowest BCUT2D eigenvalue weighted by molar-refractivity contribution is 0.556. The Morgan fingerprint density at radius 3 is 1.74 bits per heavy atom. The van der Waals surface area contributed by atoms with E-state index in [9.17, 15) is 0 Å². The first-order valence-electron chi connectivity index (χ1n) is 14.9. The van der Waals surface area contributed by atoms with Crippen LogP contribution in [-0.2, 0) is 6.42 Å². The van der Waals surface area contributed by atoms with Crippen LogP contribution in [0.2, 0.25) is 0 Å². The molecule has 5 aromatic carbocycles. The molecule has 0 heterocycles. The van der Waals surface area contributed by atoms with Crippen molar-refractivity contribution >= 4 is 44.5 Å². The monoisotopic (exact) mass is 498 g/mol. The molecule has 0 bridgehead atoms. The van der Waals surface area contributed by atoms with Crippen LogP contribution in [-0.4, -0.2) is 0 Å². The number of fused-ring (bicyclic) bond motifs is 3. The van der Waals surface area contributed by atoms with Crippen LogP contribution in [0.1, 0.15) is 87.8 Å². The Morgan fingerprint density at radius 2 is 1.05 bits per heavy atom. The van der Waals surface area contributed by atoms with Gasteiger partial charge < -0.3 is 0 Å². The smallest absolute Gasteiger partial charge is 0.0105 e. The molecule has 5 rings (SSSR count). The maximum absolute atomic E-state index is 2.35. The third kappa shape index (κ3) is 6.93. The van der Waals surface area contributed by atoms with Gasteiger partial charge in [0.1, 0.15) is 0 Å². The summed E-state index contributed by atoms with van der Waals surface area (Å²) in [7, 11) is 0. The minimum atomic E-state index is 1.20. The van der Waals surface area contributed by atoms with E-state index in [0.717, 1.165) is 0 Å². The molecule has 0 saturated heterocycles. The summed E-state index contributed by atoms with van der Waals surface area (Å²) in [6, 6.07) is 33.7. The molecule has 0 amide bonds. The van der Waals surface area contributed by atoms with Crippen LogP contribution in [0.3, 0.4) is 0 Å². The maximum atomic E-state index is 2.35. The number of unbranched alkanes of at least 4 members (excludes halogenated alkanes) is 9. The third-order valence-electron chi connectivity index (χ3n) is 7.99. The highest BCUT2D eigenvalue weighted by molar-refractivity contribution is 6.06. The molecule has 38 heavy (non-hydrogen) atoms. The lowest BCUT2D eigenvalue weighted by Gasteiger charge is -2.08. The van der Waals surface area contributed by atoms with Crippen LogP contribution in [0.5, 0.6) is 0 Å². The topological polar surface area (TPSA) is 0 Å². The average molecular weight is 499 g/mol. The second kappa shape index (κ2) is 13.4. The van der Waals surface area contributed by atoms with Crippen LogP contribution in [0, 0.1) is 0 Å². The third-order valence-corrected chi connectivity index (χ3v) is 7.99. The van der Waals surface area contributed by atoms with E-state index >= 15 is 0 Å².